The number of hydrogen-bond donors (Lipinski definition) is 0. The van der Waals surface area contributed by atoms with Crippen molar-refractivity contribution in [3.8, 4) is 15.7 Å². The van der Waals surface area contributed by atoms with E-state index in [0.717, 1.165) is 22.3 Å². The first-order valence-electron chi connectivity index (χ1n) is 6.08. The van der Waals surface area contributed by atoms with E-state index in [2.05, 4.69) is 31.2 Å². The van der Waals surface area contributed by atoms with Crippen LogP contribution in [0.1, 0.15) is 11.3 Å². The van der Waals surface area contributed by atoms with Gasteiger partial charge < -0.3 is 0 Å². The lowest BCUT2D eigenvalue weighted by Crippen LogP contribution is -2.03. The van der Waals surface area contributed by atoms with Gasteiger partial charge in [-0.25, -0.2) is 4.68 Å². The minimum atomic E-state index is -4.34. The second-order valence-corrected chi connectivity index (χ2v) is 6.28. The van der Waals surface area contributed by atoms with Gasteiger partial charge in [0.2, 0.25) is 5.13 Å². The molecule has 0 fully saturated rings. The van der Waals surface area contributed by atoms with Gasteiger partial charge in [0, 0.05) is 11.8 Å². The highest BCUT2D eigenvalue weighted by Gasteiger charge is 2.30. The van der Waals surface area contributed by atoms with Gasteiger partial charge in [0.15, 0.2) is 0 Å². The molecule has 0 saturated carbocycles. The number of benzene rings is 1. The third-order valence-electron chi connectivity index (χ3n) is 2.91. The molecule has 114 valence electrons. The number of hydrogen-bond acceptors (Lipinski definition) is 4. The molecule has 4 nitrogen and oxygen atoms in total. The lowest BCUT2D eigenvalue weighted by atomic mass is 10.1. The molecule has 22 heavy (non-hydrogen) atoms. The molecule has 0 amide bonds. The van der Waals surface area contributed by atoms with Gasteiger partial charge in [-0.05, 0) is 35.0 Å². The zero-order chi connectivity index (χ0) is 15.9. The summed E-state index contributed by atoms with van der Waals surface area (Å²) in [6, 6.07) is 4.84. The molecule has 0 aliphatic heterocycles. The van der Waals surface area contributed by atoms with Crippen LogP contribution in [0.25, 0.3) is 15.7 Å². The molecule has 0 atom stereocenters. The topological polar surface area (TPSA) is 43.6 Å². The van der Waals surface area contributed by atoms with Crippen LogP contribution in [0.4, 0.5) is 13.2 Å². The van der Waals surface area contributed by atoms with E-state index in [1.165, 1.54) is 23.5 Å². The van der Waals surface area contributed by atoms with Crippen molar-refractivity contribution < 1.29 is 13.2 Å². The molecule has 2 aromatic heterocycles. The molecule has 1 aromatic carbocycles. The SMILES string of the molecule is Cc1nn(-c2nnc(-c3ccc(C(F)(F)F)cc3)s2)cc1Br. The molecule has 0 saturated heterocycles. The van der Waals surface area contributed by atoms with Crippen LogP contribution >= 0.6 is 27.3 Å². The van der Waals surface area contributed by atoms with Gasteiger partial charge in [-0.2, -0.15) is 18.3 Å². The summed E-state index contributed by atoms with van der Waals surface area (Å²) in [5.74, 6) is 0. The molecule has 0 radical (unpaired) electrons. The van der Waals surface area contributed by atoms with Gasteiger partial charge in [-0.1, -0.05) is 23.5 Å². The maximum absolute atomic E-state index is 12.5. The molecule has 0 aliphatic carbocycles. The highest BCUT2D eigenvalue weighted by molar-refractivity contribution is 9.10. The third kappa shape index (κ3) is 2.91. The standard InChI is InChI=1S/C13H8BrF3N4S/c1-7-10(14)6-21(20-7)12-19-18-11(22-12)8-2-4-9(5-3-8)13(15,16)17/h2-6H,1H3. The average Bonchev–Trinajstić information content (AvgIpc) is 3.06. The molecule has 9 heteroatoms. The Hall–Kier alpha value is -1.74. The monoisotopic (exact) mass is 388 g/mol. The predicted octanol–water partition coefficient (Wildman–Crippen LogP) is 4.48. The van der Waals surface area contributed by atoms with Crippen molar-refractivity contribution in [2.24, 2.45) is 0 Å². The second-order valence-electron chi connectivity index (χ2n) is 4.47. The predicted molar refractivity (Wildman–Crippen MR) is 79.9 cm³/mol. The molecule has 3 rings (SSSR count). The lowest BCUT2D eigenvalue weighted by molar-refractivity contribution is -0.137. The van der Waals surface area contributed by atoms with Crippen LogP contribution in [-0.4, -0.2) is 20.0 Å². The number of rotatable bonds is 2. The largest absolute Gasteiger partial charge is 0.416 e. The zero-order valence-corrected chi connectivity index (χ0v) is 13.5. The van der Waals surface area contributed by atoms with Crippen LogP contribution in [0.5, 0.6) is 0 Å². The van der Waals surface area contributed by atoms with Gasteiger partial charge in [-0.3, -0.25) is 0 Å². The van der Waals surface area contributed by atoms with E-state index in [4.69, 9.17) is 0 Å². The maximum atomic E-state index is 12.5. The van der Waals surface area contributed by atoms with Gasteiger partial charge in [0.1, 0.15) is 5.01 Å². The normalized spacial score (nSPS) is 11.9. The Labute approximate surface area is 135 Å². The van der Waals surface area contributed by atoms with Crippen molar-refractivity contribution in [1.29, 1.82) is 0 Å². The molecular weight excluding hydrogens is 381 g/mol. The zero-order valence-electron chi connectivity index (χ0n) is 11.1. The number of aryl methyl sites for hydroxylation is 1. The molecule has 0 aliphatic rings. The first kappa shape index (κ1) is 15.2. The average molecular weight is 389 g/mol. The molecule has 2 heterocycles. The van der Waals surface area contributed by atoms with Crippen LogP contribution in [0.15, 0.2) is 34.9 Å². The van der Waals surface area contributed by atoms with E-state index >= 15 is 0 Å². The Morgan fingerprint density at radius 2 is 1.82 bits per heavy atom. The highest BCUT2D eigenvalue weighted by atomic mass is 79.9. The van der Waals surface area contributed by atoms with Gasteiger partial charge in [-0.15, -0.1) is 10.2 Å². The molecular formula is C13H8BrF3N4S. The lowest BCUT2D eigenvalue weighted by Gasteiger charge is -2.06. The second kappa shape index (κ2) is 5.47. The van der Waals surface area contributed by atoms with E-state index in [-0.39, 0.29) is 0 Å². The summed E-state index contributed by atoms with van der Waals surface area (Å²) in [7, 11) is 0. The minimum absolute atomic E-state index is 0.535. The van der Waals surface area contributed by atoms with Crippen molar-refractivity contribution in [2.75, 3.05) is 0 Å². The quantitative estimate of drug-likeness (QED) is 0.649. The fourth-order valence-corrected chi connectivity index (χ4v) is 2.81. The summed E-state index contributed by atoms with van der Waals surface area (Å²) >= 11 is 4.61. The van der Waals surface area contributed by atoms with E-state index < -0.39 is 11.7 Å². The Balaban J connectivity index is 1.90. The number of nitrogens with zero attached hydrogens (tertiary/aromatic N) is 4. The van der Waals surface area contributed by atoms with Crippen molar-refractivity contribution >= 4 is 27.3 Å². The van der Waals surface area contributed by atoms with Crippen LogP contribution in [0.2, 0.25) is 0 Å². The van der Waals surface area contributed by atoms with Crippen molar-refractivity contribution in [3.05, 3.63) is 46.2 Å². The first-order valence-corrected chi connectivity index (χ1v) is 7.69. The van der Waals surface area contributed by atoms with Crippen molar-refractivity contribution in [2.45, 2.75) is 13.1 Å². The number of halogens is 4. The fourth-order valence-electron chi connectivity index (χ4n) is 1.76. The molecule has 0 spiro atoms. The molecule has 3 aromatic rings. The summed E-state index contributed by atoms with van der Waals surface area (Å²) in [4.78, 5) is 0. The van der Waals surface area contributed by atoms with Crippen molar-refractivity contribution in [3.63, 3.8) is 0 Å². The van der Waals surface area contributed by atoms with Crippen LogP contribution in [0, 0.1) is 6.92 Å². The van der Waals surface area contributed by atoms with Crippen LogP contribution in [-0.2, 0) is 6.18 Å². The summed E-state index contributed by atoms with van der Waals surface area (Å²) in [6.45, 7) is 1.85. The van der Waals surface area contributed by atoms with E-state index in [1.807, 2.05) is 6.92 Å². The Kier molecular flexibility index (Phi) is 3.77. The summed E-state index contributed by atoms with van der Waals surface area (Å²) in [5.41, 5.74) is 0.707. The Morgan fingerprint density at radius 1 is 1.14 bits per heavy atom. The maximum Gasteiger partial charge on any atom is 0.416 e. The molecule has 0 unspecified atom stereocenters. The molecule has 0 bridgehead atoms. The van der Waals surface area contributed by atoms with Crippen molar-refractivity contribution in [1.82, 2.24) is 20.0 Å². The fraction of sp³-hybridized carbons (Fsp3) is 0.154. The minimum Gasteiger partial charge on any atom is -0.211 e. The van der Waals surface area contributed by atoms with Gasteiger partial charge in [0.05, 0.1) is 15.7 Å². The number of alkyl halides is 3. The first-order chi connectivity index (χ1) is 10.3. The van der Waals surface area contributed by atoms with E-state index in [9.17, 15) is 13.2 Å². The summed E-state index contributed by atoms with van der Waals surface area (Å²) < 4.78 is 40.1. The number of aromatic nitrogens is 4. The molecule has 0 N–H and O–H groups in total. The van der Waals surface area contributed by atoms with E-state index in [0.29, 0.717) is 15.7 Å². The Bertz CT molecular complexity index is 788. The summed E-state index contributed by atoms with van der Waals surface area (Å²) in [6.07, 6.45) is -2.59. The third-order valence-corrected chi connectivity index (χ3v) is 4.65. The van der Waals surface area contributed by atoms with E-state index in [1.54, 1.807) is 10.9 Å². The summed E-state index contributed by atoms with van der Waals surface area (Å²) in [5, 5.41) is 13.4. The van der Waals surface area contributed by atoms with Gasteiger partial charge in [0.25, 0.3) is 0 Å². The highest BCUT2D eigenvalue weighted by Crippen LogP contribution is 2.32. The van der Waals surface area contributed by atoms with Crippen LogP contribution < -0.4 is 0 Å². The van der Waals surface area contributed by atoms with Crippen LogP contribution in [0.3, 0.4) is 0 Å². The van der Waals surface area contributed by atoms with Gasteiger partial charge >= 0.3 is 6.18 Å². The Morgan fingerprint density at radius 3 is 2.36 bits per heavy atom. The smallest absolute Gasteiger partial charge is 0.211 e.